The number of nitro groups is 3. The third-order valence-corrected chi connectivity index (χ3v) is 5.15. The Kier molecular flexibility index (Phi) is 6.20. The summed E-state index contributed by atoms with van der Waals surface area (Å²) in [5, 5.41) is 41.3. The van der Waals surface area contributed by atoms with Gasteiger partial charge in [-0.3, -0.25) is 35.3 Å². The maximum absolute atomic E-state index is 10.4. The van der Waals surface area contributed by atoms with E-state index in [0.29, 0.717) is 12.1 Å². The summed E-state index contributed by atoms with van der Waals surface area (Å²) in [6.45, 7) is 2.01. The second kappa shape index (κ2) is 9.42. The molecular weight excluding hydrogens is 472 g/mol. The fourth-order valence-corrected chi connectivity index (χ4v) is 3.56. The van der Waals surface area contributed by atoms with Crippen LogP contribution in [0.1, 0.15) is 5.69 Å². The molecule has 0 bridgehead atoms. The first-order valence-electron chi connectivity index (χ1n) is 10.3. The minimum Gasteiger partial charge on any atom is -0.497 e. The number of phenolic OH excluding ortho intramolecular Hbond substituents is 1. The van der Waals surface area contributed by atoms with Crippen LogP contribution in [0.5, 0.6) is 5.75 Å². The summed E-state index contributed by atoms with van der Waals surface area (Å²) in [5.41, 5.74) is 2.14. The third kappa shape index (κ3) is 4.61. The second-order valence-corrected chi connectivity index (χ2v) is 7.53. The fraction of sp³-hybridized carbons (Fsp3) is 0.0435. The number of imidazole rings is 1. The predicted molar refractivity (Wildman–Crippen MR) is 130 cm³/mol. The number of fused-ring (bicyclic) bond motifs is 2. The van der Waals surface area contributed by atoms with Crippen LogP contribution >= 0.6 is 0 Å². The molecule has 3 aromatic carbocycles. The van der Waals surface area contributed by atoms with E-state index in [1.165, 1.54) is 0 Å². The number of pyridine rings is 1. The van der Waals surface area contributed by atoms with Gasteiger partial charge in [0.2, 0.25) is 0 Å². The largest absolute Gasteiger partial charge is 0.497 e. The first kappa shape index (κ1) is 23.7. The van der Waals surface area contributed by atoms with E-state index in [-0.39, 0.29) is 0 Å². The van der Waals surface area contributed by atoms with Crippen LogP contribution in [0.3, 0.4) is 0 Å². The number of H-pyrrole nitrogens is 1. The molecule has 0 aliphatic rings. The van der Waals surface area contributed by atoms with Gasteiger partial charge in [-0.2, -0.15) is 0 Å². The molecule has 0 amide bonds. The maximum atomic E-state index is 10.4. The molecule has 2 N–H and O–H groups in total. The number of para-hydroxylation sites is 3. The van der Waals surface area contributed by atoms with Gasteiger partial charge in [-0.15, -0.1) is 0 Å². The number of rotatable bonds is 4. The molecule has 0 unspecified atom stereocenters. The van der Waals surface area contributed by atoms with E-state index in [1.807, 2.05) is 49.4 Å². The van der Waals surface area contributed by atoms with E-state index in [1.54, 1.807) is 0 Å². The predicted octanol–water partition coefficient (Wildman–Crippen LogP) is 5.20. The number of nitrogens with zero attached hydrogens (tertiary/aromatic N) is 5. The van der Waals surface area contributed by atoms with Gasteiger partial charge in [-0.1, -0.05) is 30.3 Å². The molecule has 0 atom stereocenters. The Hall–Kier alpha value is -5.46. The smallest absolute Gasteiger partial charge is 0.324 e. The third-order valence-electron chi connectivity index (χ3n) is 5.15. The maximum Gasteiger partial charge on any atom is 0.324 e. The Morgan fingerprint density at radius 1 is 0.778 bits per heavy atom. The molecule has 2 aromatic heterocycles. The summed E-state index contributed by atoms with van der Waals surface area (Å²) in [7, 11) is 0. The lowest BCUT2D eigenvalue weighted by Gasteiger charge is -2.05. The standard InChI is InChI=1S/C17H13N3.C6H3N3O7/c1-11-10-13(12-6-2-3-7-14(12)18-11)17-19-15-8-4-5-9-16(15)20-17;10-6-4(8(13)14)1-3(7(11)12)2-5(6)9(15)16/h2-10H,1H3,(H,19,20);1-2,10H. The van der Waals surface area contributed by atoms with E-state index in [4.69, 9.17) is 10.1 Å². The van der Waals surface area contributed by atoms with Gasteiger partial charge in [0.15, 0.2) is 0 Å². The summed E-state index contributed by atoms with van der Waals surface area (Å²) >= 11 is 0. The lowest BCUT2D eigenvalue weighted by atomic mass is 10.1. The van der Waals surface area contributed by atoms with Crippen molar-refractivity contribution in [1.82, 2.24) is 15.0 Å². The first-order valence-corrected chi connectivity index (χ1v) is 10.3. The van der Waals surface area contributed by atoms with Crippen LogP contribution in [0.4, 0.5) is 17.1 Å². The SMILES string of the molecule is Cc1cc(-c2nc3ccccc3[nH]2)c2ccccc2n1.O=[N+]([O-])c1cc([N+](=O)[O-])c(O)c([N+](=O)[O-])c1. The normalized spacial score (nSPS) is 10.6. The summed E-state index contributed by atoms with van der Waals surface area (Å²) < 4.78 is 0. The molecule has 13 nitrogen and oxygen atoms in total. The molecule has 13 heteroatoms. The Bertz CT molecular complexity index is 1600. The number of aromatic hydroxyl groups is 1. The number of aromatic nitrogens is 3. The highest BCUT2D eigenvalue weighted by molar-refractivity contribution is 5.94. The minimum atomic E-state index is -1.21. The topological polar surface area (TPSA) is 191 Å². The molecular formula is C23H16N6O7. The number of phenols is 1. The Morgan fingerprint density at radius 2 is 1.36 bits per heavy atom. The fourth-order valence-electron chi connectivity index (χ4n) is 3.56. The highest BCUT2D eigenvalue weighted by atomic mass is 16.6. The molecule has 0 spiro atoms. The molecule has 180 valence electrons. The van der Waals surface area contributed by atoms with Crippen LogP contribution in [0.15, 0.2) is 66.7 Å². The van der Waals surface area contributed by atoms with Crippen LogP contribution in [0, 0.1) is 37.3 Å². The number of aromatic amines is 1. The van der Waals surface area contributed by atoms with E-state index < -0.39 is 37.6 Å². The van der Waals surface area contributed by atoms with Gasteiger partial charge < -0.3 is 10.1 Å². The van der Waals surface area contributed by atoms with Crippen molar-refractivity contribution >= 4 is 39.0 Å². The van der Waals surface area contributed by atoms with Crippen LogP contribution < -0.4 is 0 Å². The van der Waals surface area contributed by atoms with Gasteiger partial charge in [0.1, 0.15) is 5.82 Å². The zero-order valence-corrected chi connectivity index (χ0v) is 18.5. The molecule has 0 saturated carbocycles. The highest BCUT2D eigenvalue weighted by Crippen LogP contribution is 2.39. The zero-order chi connectivity index (χ0) is 26.0. The van der Waals surface area contributed by atoms with Crippen LogP contribution in [-0.4, -0.2) is 34.8 Å². The number of nitro benzene ring substituents is 3. The van der Waals surface area contributed by atoms with E-state index in [9.17, 15) is 30.3 Å². The average molecular weight is 488 g/mol. The first-order chi connectivity index (χ1) is 17.2. The van der Waals surface area contributed by atoms with Crippen molar-refractivity contribution in [3.8, 4) is 17.1 Å². The number of non-ortho nitro benzene ring substituents is 1. The molecule has 36 heavy (non-hydrogen) atoms. The average Bonchev–Trinajstić information content (AvgIpc) is 3.27. The van der Waals surface area contributed by atoms with Crippen molar-refractivity contribution < 1.29 is 19.9 Å². The Morgan fingerprint density at radius 3 is 1.94 bits per heavy atom. The summed E-state index contributed by atoms with van der Waals surface area (Å²) in [4.78, 5) is 40.4. The second-order valence-electron chi connectivity index (χ2n) is 7.53. The summed E-state index contributed by atoms with van der Waals surface area (Å²) in [5.74, 6) is -0.312. The van der Waals surface area contributed by atoms with Gasteiger partial charge in [0.05, 0.1) is 43.5 Å². The lowest BCUT2D eigenvalue weighted by molar-refractivity contribution is -0.404. The van der Waals surface area contributed by atoms with Crippen molar-refractivity contribution in [3.63, 3.8) is 0 Å². The van der Waals surface area contributed by atoms with Crippen molar-refractivity contribution in [2.45, 2.75) is 6.92 Å². The number of hydrogen-bond acceptors (Lipinski definition) is 9. The Labute approximate surface area is 201 Å². The summed E-state index contributed by atoms with van der Waals surface area (Å²) in [6, 6.07) is 19.2. The number of nitrogens with one attached hydrogen (secondary N) is 1. The minimum absolute atomic E-state index is 0.447. The highest BCUT2D eigenvalue weighted by Gasteiger charge is 2.30. The molecule has 0 aliphatic carbocycles. The Balaban J connectivity index is 0.000000175. The molecule has 2 heterocycles. The van der Waals surface area contributed by atoms with Gasteiger partial charge in [0, 0.05) is 16.6 Å². The van der Waals surface area contributed by atoms with Crippen molar-refractivity contribution in [1.29, 1.82) is 0 Å². The van der Waals surface area contributed by atoms with Crippen LogP contribution in [0.2, 0.25) is 0 Å². The molecule has 0 fully saturated rings. The number of hydrogen-bond donors (Lipinski definition) is 2. The molecule has 0 saturated heterocycles. The molecule has 0 aliphatic heterocycles. The number of aryl methyl sites for hydroxylation is 1. The molecule has 5 rings (SSSR count). The molecule has 5 aromatic rings. The number of benzene rings is 3. The molecule has 0 radical (unpaired) electrons. The van der Waals surface area contributed by atoms with E-state index in [0.717, 1.165) is 39.0 Å². The quantitative estimate of drug-likeness (QED) is 0.252. The van der Waals surface area contributed by atoms with Gasteiger partial charge in [0.25, 0.3) is 11.4 Å². The lowest BCUT2D eigenvalue weighted by Crippen LogP contribution is -1.97. The van der Waals surface area contributed by atoms with E-state index >= 15 is 0 Å². The monoisotopic (exact) mass is 488 g/mol. The van der Waals surface area contributed by atoms with Crippen molar-refractivity contribution in [3.05, 3.63) is 103 Å². The van der Waals surface area contributed by atoms with Crippen LogP contribution in [0.25, 0.3) is 33.3 Å². The van der Waals surface area contributed by atoms with Gasteiger partial charge >= 0.3 is 11.4 Å². The van der Waals surface area contributed by atoms with Crippen LogP contribution in [-0.2, 0) is 0 Å². The van der Waals surface area contributed by atoms with Gasteiger partial charge in [-0.05, 0) is 31.2 Å². The van der Waals surface area contributed by atoms with Gasteiger partial charge in [-0.25, -0.2) is 4.98 Å². The van der Waals surface area contributed by atoms with Crippen molar-refractivity contribution in [2.75, 3.05) is 0 Å². The van der Waals surface area contributed by atoms with Crippen molar-refractivity contribution in [2.24, 2.45) is 0 Å². The van der Waals surface area contributed by atoms with E-state index in [2.05, 4.69) is 22.1 Å². The summed E-state index contributed by atoms with van der Waals surface area (Å²) in [6.07, 6.45) is 0. The zero-order valence-electron chi connectivity index (χ0n) is 18.5.